The molecule has 0 atom stereocenters. The molecule has 13 nitrogen and oxygen atoms in total. The molecule has 0 aromatic rings. The van der Waals surface area contributed by atoms with Gasteiger partial charge in [-0.1, -0.05) is 0 Å². The smallest absolute Gasteiger partial charge is 0.407 e. The molecule has 0 aliphatic carbocycles. The molecule has 0 unspecified atom stereocenters. The van der Waals surface area contributed by atoms with Crippen molar-refractivity contribution in [1.29, 1.82) is 0 Å². The lowest BCUT2D eigenvalue weighted by Crippen LogP contribution is -2.40. The van der Waals surface area contributed by atoms with Crippen LogP contribution in [0, 0.1) is 5.41 Å². The summed E-state index contributed by atoms with van der Waals surface area (Å²) in [6.45, 7) is 4.63. The number of carboxylic acid groups (broad SMARTS) is 3. The van der Waals surface area contributed by atoms with Crippen LogP contribution < -0.4 is 5.32 Å². The molecule has 0 bridgehead atoms. The van der Waals surface area contributed by atoms with Crippen molar-refractivity contribution >= 4 is 29.8 Å². The highest BCUT2D eigenvalue weighted by Crippen LogP contribution is 2.26. The maximum Gasteiger partial charge on any atom is 0.407 e. The minimum Gasteiger partial charge on any atom is -0.481 e. The normalized spacial score (nSPS) is 11.6. The SMILES string of the molecule is CC(C)(C)OC(=O)NCCCC(=O)CC(COCCC(=O)O)(COCCC(=O)O)COCCC(=O)O. The monoisotopic (exact) mass is 521 g/mol. The van der Waals surface area contributed by atoms with Crippen LogP contribution in [0.5, 0.6) is 0 Å². The standard InChI is InChI=1S/C23H39NO12/c1-22(2,3)36-21(32)24-9-4-5-17(25)13-23(14-33-10-6-18(26)27,15-34-11-7-19(28)29)16-35-12-8-20(30)31/h4-16H2,1-3H3,(H,24,32)(H,26,27)(H,28,29)(H,30,31). The molecular weight excluding hydrogens is 482 g/mol. The number of amides is 1. The lowest BCUT2D eigenvalue weighted by molar-refractivity contribution is -0.142. The van der Waals surface area contributed by atoms with E-state index in [1.807, 2.05) is 0 Å². The largest absolute Gasteiger partial charge is 0.481 e. The first-order valence-corrected chi connectivity index (χ1v) is 11.6. The number of ether oxygens (including phenoxy) is 4. The number of hydrogen-bond donors (Lipinski definition) is 4. The summed E-state index contributed by atoms with van der Waals surface area (Å²) in [6, 6.07) is 0. The van der Waals surface area contributed by atoms with Gasteiger partial charge in [0.25, 0.3) is 0 Å². The summed E-state index contributed by atoms with van der Waals surface area (Å²) in [6.07, 6.45) is -1.08. The van der Waals surface area contributed by atoms with Crippen molar-refractivity contribution in [3.8, 4) is 0 Å². The summed E-state index contributed by atoms with van der Waals surface area (Å²) in [5.41, 5.74) is -1.74. The van der Waals surface area contributed by atoms with E-state index in [-0.39, 0.29) is 84.1 Å². The van der Waals surface area contributed by atoms with E-state index in [1.165, 1.54) is 0 Å². The summed E-state index contributed by atoms with van der Waals surface area (Å²) in [7, 11) is 0. The molecule has 13 heteroatoms. The van der Waals surface area contributed by atoms with Crippen LogP contribution in [-0.2, 0) is 38.1 Å². The van der Waals surface area contributed by atoms with Gasteiger partial charge in [-0.3, -0.25) is 19.2 Å². The number of carbonyl (C=O) groups excluding carboxylic acids is 2. The molecular formula is C23H39NO12. The number of aliphatic carboxylic acids is 3. The van der Waals surface area contributed by atoms with Gasteiger partial charge >= 0.3 is 24.0 Å². The second kappa shape index (κ2) is 17.6. The Morgan fingerprint density at radius 1 is 0.694 bits per heavy atom. The van der Waals surface area contributed by atoms with Crippen LogP contribution in [0.25, 0.3) is 0 Å². The van der Waals surface area contributed by atoms with Crippen molar-refractivity contribution in [1.82, 2.24) is 5.32 Å². The summed E-state index contributed by atoms with van der Waals surface area (Å²) in [5.74, 6) is -3.41. The van der Waals surface area contributed by atoms with Crippen molar-refractivity contribution < 1.29 is 58.2 Å². The Morgan fingerprint density at radius 2 is 1.11 bits per heavy atom. The lowest BCUT2D eigenvalue weighted by atomic mass is 9.84. The van der Waals surface area contributed by atoms with Gasteiger partial charge in [0.15, 0.2) is 0 Å². The fourth-order valence-electron chi connectivity index (χ4n) is 2.92. The van der Waals surface area contributed by atoms with E-state index in [2.05, 4.69) is 5.32 Å². The van der Waals surface area contributed by atoms with Crippen LogP contribution in [0.15, 0.2) is 0 Å². The van der Waals surface area contributed by atoms with Gasteiger partial charge in [0.05, 0.1) is 58.9 Å². The molecule has 0 rings (SSSR count). The van der Waals surface area contributed by atoms with Crippen LogP contribution in [0.1, 0.15) is 59.3 Å². The Kier molecular flexibility index (Phi) is 16.3. The van der Waals surface area contributed by atoms with Crippen molar-refractivity contribution in [3.05, 3.63) is 0 Å². The molecule has 0 saturated heterocycles. The highest BCUT2D eigenvalue weighted by molar-refractivity contribution is 5.79. The summed E-state index contributed by atoms with van der Waals surface area (Å²) in [4.78, 5) is 56.9. The van der Waals surface area contributed by atoms with Crippen LogP contribution in [0.4, 0.5) is 4.79 Å². The molecule has 0 aromatic heterocycles. The predicted octanol–water partition coefficient (Wildman–Crippen LogP) is 1.71. The molecule has 0 aromatic carbocycles. The summed E-state index contributed by atoms with van der Waals surface area (Å²) in [5, 5.41) is 29.0. The number of rotatable bonds is 21. The minimum absolute atomic E-state index is 0.0942. The second-order valence-electron chi connectivity index (χ2n) is 9.34. The molecule has 36 heavy (non-hydrogen) atoms. The first-order chi connectivity index (χ1) is 16.7. The van der Waals surface area contributed by atoms with Crippen LogP contribution in [0.3, 0.4) is 0 Å². The van der Waals surface area contributed by atoms with E-state index in [0.29, 0.717) is 6.42 Å². The zero-order valence-electron chi connectivity index (χ0n) is 21.2. The summed E-state index contributed by atoms with van der Waals surface area (Å²) >= 11 is 0. The van der Waals surface area contributed by atoms with Gasteiger partial charge < -0.3 is 39.6 Å². The number of Topliss-reactive ketones (excluding diaryl/α,β-unsaturated/α-hetero) is 1. The number of ketones is 1. The first-order valence-electron chi connectivity index (χ1n) is 11.6. The molecule has 0 aliphatic heterocycles. The van der Waals surface area contributed by atoms with Crippen molar-refractivity contribution in [3.63, 3.8) is 0 Å². The third kappa shape index (κ3) is 19.5. The van der Waals surface area contributed by atoms with Gasteiger partial charge in [0, 0.05) is 24.8 Å². The fraction of sp³-hybridized carbons (Fsp3) is 0.783. The van der Waals surface area contributed by atoms with Gasteiger partial charge in [-0.15, -0.1) is 0 Å². The Hall–Kier alpha value is -2.77. The van der Waals surface area contributed by atoms with E-state index >= 15 is 0 Å². The second-order valence-corrected chi connectivity index (χ2v) is 9.34. The van der Waals surface area contributed by atoms with E-state index in [0.717, 1.165) is 0 Å². The number of carbonyl (C=O) groups is 5. The lowest BCUT2D eigenvalue weighted by Gasteiger charge is -2.32. The number of alkyl carbamates (subject to hydrolysis) is 1. The third-order valence-electron chi connectivity index (χ3n) is 4.48. The fourth-order valence-corrected chi connectivity index (χ4v) is 2.92. The minimum atomic E-state index is -1.09. The molecule has 0 saturated carbocycles. The van der Waals surface area contributed by atoms with Gasteiger partial charge in [0.1, 0.15) is 11.4 Å². The van der Waals surface area contributed by atoms with Gasteiger partial charge in [-0.05, 0) is 27.2 Å². The van der Waals surface area contributed by atoms with Crippen molar-refractivity contribution in [2.75, 3.05) is 46.2 Å². The highest BCUT2D eigenvalue weighted by Gasteiger charge is 2.34. The zero-order valence-corrected chi connectivity index (χ0v) is 21.2. The van der Waals surface area contributed by atoms with Crippen molar-refractivity contribution in [2.45, 2.75) is 64.9 Å². The predicted molar refractivity (Wildman–Crippen MR) is 125 cm³/mol. The topological polar surface area (TPSA) is 195 Å². The Labute approximate surface area is 210 Å². The van der Waals surface area contributed by atoms with Gasteiger partial charge in [-0.25, -0.2) is 4.79 Å². The van der Waals surface area contributed by atoms with Crippen LogP contribution in [-0.4, -0.2) is 96.9 Å². The zero-order chi connectivity index (χ0) is 27.6. The Morgan fingerprint density at radius 3 is 1.47 bits per heavy atom. The average molecular weight is 522 g/mol. The first kappa shape index (κ1) is 33.2. The van der Waals surface area contributed by atoms with Crippen LogP contribution >= 0.6 is 0 Å². The number of carboxylic acids is 3. The number of nitrogens with one attached hydrogen (secondary N) is 1. The van der Waals surface area contributed by atoms with Gasteiger partial charge in [0.2, 0.25) is 0 Å². The van der Waals surface area contributed by atoms with E-state index in [4.69, 9.17) is 34.3 Å². The molecule has 208 valence electrons. The van der Waals surface area contributed by atoms with Gasteiger partial charge in [-0.2, -0.15) is 0 Å². The molecule has 4 N–H and O–H groups in total. The molecule has 0 heterocycles. The van der Waals surface area contributed by atoms with Crippen LogP contribution in [0.2, 0.25) is 0 Å². The Balaban J connectivity index is 5.13. The molecule has 0 aliphatic rings. The Bertz CT molecular complexity index is 661. The maximum atomic E-state index is 12.8. The highest BCUT2D eigenvalue weighted by atomic mass is 16.6. The third-order valence-corrected chi connectivity index (χ3v) is 4.48. The molecule has 0 radical (unpaired) electrons. The van der Waals surface area contributed by atoms with E-state index in [1.54, 1.807) is 20.8 Å². The van der Waals surface area contributed by atoms with E-state index in [9.17, 15) is 24.0 Å². The van der Waals surface area contributed by atoms with E-state index < -0.39 is 35.0 Å². The number of hydrogen-bond acceptors (Lipinski definition) is 9. The quantitative estimate of drug-likeness (QED) is 0.160. The van der Waals surface area contributed by atoms with Crippen molar-refractivity contribution in [2.24, 2.45) is 5.41 Å². The maximum absolute atomic E-state index is 12.8. The summed E-state index contributed by atoms with van der Waals surface area (Å²) < 4.78 is 21.5. The molecule has 1 amide bonds. The average Bonchev–Trinajstić information content (AvgIpc) is 2.73. The molecule has 0 spiro atoms. The molecule has 0 fully saturated rings.